The molecule has 1 heterocycles. The van der Waals surface area contributed by atoms with Gasteiger partial charge in [0.1, 0.15) is 0 Å². The van der Waals surface area contributed by atoms with E-state index in [-0.39, 0.29) is 27.0 Å². The van der Waals surface area contributed by atoms with Gasteiger partial charge >= 0.3 is 118 Å². The molecular formula is C16H14O2Se. The summed E-state index contributed by atoms with van der Waals surface area (Å²) < 4.78 is 6.83. The number of carbonyl (C=O) groups is 1. The monoisotopic (exact) mass is 318 g/mol. The van der Waals surface area contributed by atoms with E-state index in [0.717, 1.165) is 5.56 Å². The third-order valence-electron chi connectivity index (χ3n) is 3.12. The number of hydrogen-bond donors (Lipinski definition) is 0. The molecule has 0 N–H and O–H groups in total. The summed E-state index contributed by atoms with van der Waals surface area (Å²) in [6, 6.07) is 20.4. The van der Waals surface area contributed by atoms with E-state index >= 15 is 0 Å². The van der Waals surface area contributed by atoms with E-state index in [0.29, 0.717) is 11.2 Å². The van der Waals surface area contributed by atoms with Crippen LogP contribution in [-0.4, -0.2) is 20.9 Å². The first-order valence-corrected chi connectivity index (χ1v) is 8.13. The van der Waals surface area contributed by atoms with Crippen molar-refractivity contribution in [1.82, 2.24) is 0 Å². The maximum absolute atomic E-state index is 11.6. The van der Waals surface area contributed by atoms with Crippen molar-refractivity contribution in [2.24, 2.45) is 0 Å². The van der Waals surface area contributed by atoms with Crippen LogP contribution < -0.4 is 4.46 Å². The molecule has 0 bridgehead atoms. The minimum atomic E-state index is -0.0751. The fourth-order valence-electron chi connectivity index (χ4n) is 2.24. The summed E-state index contributed by atoms with van der Waals surface area (Å²) in [4.78, 5) is 11.9. The van der Waals surface area contributed by atoms with Gasteiger partial charge in [0, 0.05) is 0 Å². The SMILES string of the molecule is O=C1C[C@@H]([Se]c2ccccc2)[C@H](c2ccccc2)O1. The summed E-state index contributed by atoms with van der Waals surface area (Å²) in [6.45, 7) is 0. The van der Waals surface area contributed by atoms with Crippen LogP contribution in [-0.2, 0) is 9.53 Å². The van der Waals surface area contributed by atoms with Crippen molar-refractivity contribution >= 4 is 25.4 Å². The molecule has 3 heteroatoms. The van der Waals surface area contributed by atoms with Gasteiger partial charge in [0.2, 0.25) is 0 Å². The van der Waals surface area contributed by atoms with Gasteiger partial charge in [-0.25, -0.2) is 0 Å². The second kappa shape index (κ2) is 5.60. The summed E-state index contributed by atoms with van der Waals surface area (Å²) >= 11 is 0.258. The zero-order chi connectivity index (χ0) is 13.1. The van der Waals surface area contributed by atoms with Crippen molar-refractivity contribution in [3.63, 3.8) is 0 Å². The van der Waals surface area contributed by atoms with E-state index in [4.69, 9.17) is 4.74 Å². The van der Waals surface area contributed by atoms with Gasteiger partial charge in [-0.2, -0.15) is 0 Å². The predicted molar refractivity (Wildman–Crippen MR) is 75.5 cm³/mol. The second-order valence-corrected chi connectivity index (χ2v) is 7.25. The van der Waals surface area contributed by atoms with E-state index in [9.17, 15) is 4.79 Å². The Kier molecular flexibility index (Phi) is 3.67. The molecule has 1 aliphatic rings. The van der Waals surface area contributed by atoms with Crippen LogP contribution in [0, 0.1) is 0 Å². The van der Waals surface area contributed by atoms with Crippen molar-refractivity contribution in [2.45, 2.75) is 17.3 Å². The van der Waals surface area contributed by atoms with E-state index < -0.39 is 0 Å². The van der Waals surface area contributed by atoms with Crippen molar-refractivity contribution < 1.29 is 9.53 Å². The Morgan fingerprint density at radius 3 is 2.26 bits per heavy atom. The number of benzene rings is 2. The van der Waals surface area contributed by atoms with E-state index in [1.54, 1.807) is 0 Å². The fraction of sp³-hybridized carbons (Fsp3) is 0.188. The topological polar surface area (TPSA) is 26.3 Å². The van der Waals surface area contributed by atoms with Gasteiger partial charge in [0.25, 0.3) is 0 Å². The normalized spacial score (nSPS) is 22.2. The van der Waals surface area contributed by atoms with Crippen molar-refractivity contribution in [3.8, 4) is 0 Å². The average Bonchev–Trinajstić information content (AvgIpc) is 2.82. The second-order valence-electron chi connectivity index (χ2n) is 4.49. The van der Waals surface area contributed by atoms with Crippen LogP contribution in [0.4, 0.5) is 0 Å². The number of rotatable bonds is 3. The van der Waals surface area contributed by atoms with E-state index in [1.165, 1.54) is 4.46 Å². The molecule has 96 valence electrons. The molecule has 2 nitrogen and oxygen atoms in total. The molecule has 2 aromatic carbocycles. The van der Waals surface area contributed by atoms with Gasteiger partial charge in [-0.15, -0.1) is 0 Å². The molecule has 0 saturated carbocycles. The Bertz CT molecular complexity index is 553. The molecule has 2 aromatic rings. The van der Waals surface area contributed by atoms with Crippen molar-refractivity contribution in [2.75, 3.05) is 0 Å². The van der Waals surface area contributed by atoms with E-state index in [2.05, 4.69) is 12.1 Å². The molecular weight excluding hydrogens is 303 g/mol. The third-order valence-corrected chi connectivity index (χ3v) is 5.77. The Balaban J connectivity index is 1.81. The Hall–Kier alpha value is -1.57. The van der Waals surface area contributed by atoms with Crippen LogP contribution in [0.5, 0.6) is 0 Å². The predicted octanol–water partition coefficient (Wildman–Crippen LogP) is 2.49. The molecule has 0 radical (unpaired) electrons. The molecule has 1 saturated heterocycles. The molecule has 0 spiro atoms. The van der Waals surface area contributed by atoms with Crippen LogP contribution in [0.1, 0.15) is 18.1 Å². The molecule has 0 amide bonds. The van der Waals surface area contributed by atoms with Crippen LogP contribution in [0.2, 0.25) is 4.82 Å². The standard InChI is InChI=1S/C16H14O2Se/c17-15-11-14(19-13-9-5-2-6-10-13)16(18-15)12-7-3-1-4-8-12/h1-10,14,16H,11H2/t14-,16+/m1/s1. The first kappa shape index (κ1) is 12.5. The van der Waals surface area contributed by atoms with Gasteiger partial charge in [0.15, 0.2) is 0 Å². The molecule has 0 unspecified atom stereocenters. The van der Waals surface area contributed by atoms with Crippen molar-refractivity contribution in [3.05, 3.63) is 66.2 Å². The Morgan fingerprint density at radius 1 is 0.947 bits per heavy atom. The van der Waals surface area contributed by atoms with E-state index in [1.807, 2.05) is 48.5 Å². The Morgan fingerprint density at radius 2 is 1.58 bits per heavy atom. The number of esters is 1. The number of ether oxygens (including phenoxy) is 1. The van der Waals surface area contributed by atoms with Gasteiger partial charge < -0.3 is 0 Å². The Labute approximate surface area is 118 Å². The van der Waals surface area contributed by atoms with Crippen LogP contribution in [0.3, 0.4) is 0 Å². The van der Waals surface area contributed by atoms with Gasteiger partial charge in [-0.1, -0.05) is 0 Å². The molecule has 0 aliphatic carbocycles. The first-order chi connectivity index (χ1) is 9.33. The van der Waals surface area contributed by atoms with Gasteiger partial charge in [-0.05, 0) is 0 Å². The van der Waals surface area contributed by atoms with Crippen LogP contribution in [0.25, 0.3) is 0 Å². The number of cyclic esters (lactones) is 1. The van der Waals surface area contributed by atoms with Gasteiger partial charge in [-0.3, -0.25) is 0 Å². The van der Waals surface area contributed by atoms with Crippen LogP contribution in [0.15, 0.2) is 60.7 Å². The average molecular weight is 317 g/mol. The molecule has 3 rings (SSSR count). The molecule has 19 heavy (non-hydrogen) atoms. The fourth-order valence-corrected chi connectivity index (χ4v) is 4.80. The summed E-state index contributed by atoms with van der Waals surface area (Å²) in [5, 5.41) is 0. The number of hydrogen-bond acceptors (Lipinski definition) is 2. The van der Waals surface area contributed by atoms with Crippen molar-refractivity contribution in [1.29, 1.82) is 0 Å². The zero-order valence-electron chi connectivity index (χ0n) is 10.4. The van der Waals surface area contributed by atoms with Crippen LogP contribution >= 0.6 is 0 Å². The first-order valence-electron chi connectivity index (χ1n) is 6.29. The molecule has 1 fully saturated rings. The van der Waals surface area contributed by atoms with Gasteiger partial charge in [0.05, 0.1) is 0 Å². The summed E-state index contributed by atoms with van der Waals surface area (Å²) in [5.74, 6) is -0.0725. The minimum absolute atomic E-state index is 0.0725. The maximum atomic E-state index is 11.6. The molecule has 1 aliphatic heterocycles. The number of carbonyl (C=O) groups excluding carboxylic acids is 1. The quantitative estimate of drug-likeness (QED) is 0.642. The summed E-state index contributed by atoms with van der Waals surface area (Å²) in [6.07, 6.45) is 0.461. The zero-order valence-corrected chi connectivity index (χ0v) is 12.1. The molecule has 2 atom stereocenters. The summed E-state index contributed by atoms with van der Waals surface area (Å²) in [5.41, 5.74) is 1.11. The molecule has 0 aromatic heterocycles. The summed E-state index contributed by atoms with van der Waals surface area (Å²) in [7, 11) is 0. The third kappa shape index (κ3) is 2.89.